The number of rotatable bonds is 9. The Bertz CT molecular complexity index is 2840. The fourth-order valence-corrected chi connectivity index (χ4v) is 30.0. The van der Waals surface area contributed by atoms with E-state index in [4.69, 9.17) is 0 Å². The van der Waals surface area contributed by atoms with E-state index in [-0.39, 0.29) is 0 Å². The first-order chi connectivity index (χ1) is 29.7. The Kier molecular flexibility index (Phi) is 9.79. The summed E-state index contributed by atoms with van der Waals surface area (Å²) >= 11 is -3.40. The molecule has 0 N–H and O–H groups in total. The standard InChI is InChI=1S/2C23H19.C12H9Si.Hf/c2*1-2-17-9-6-7-13-21(17)22-14-8-12-19-15-20(16-23(19)22)18-10-4-3-5-11-18;1-3-7-11-9(5-1)10-6-2-4-8-12(10)13-11;/h2*3-16H,2H2,1H3;1-7H,13H2;. The van der Waals surface area contributed by atoms with E-state index >= 15 is 0 Å². The van der Waals surface area contributed by atoms with Crippen LogP contribution in [0.25, 0.3) is 56.7 Å². The molecule has 60 heavy (non-hydrogen) atoms. The van der Waals surface area contributed by atoms with E-state index in [0.717, 1.165) is 12.8 Å². The van der Waals surface area contributed by atoms with Crippen molar-refractivity contribution < 1.29 is 21.4 Å². The predicted octanol–water partition coefficient (Wildman–Crippen LogP) is 12.1. The molecule has 0 amide bonds. The first-order valence-corrected chi connectivity index (χ1v) is 29.1. The molecule has 287 valence electrons. The average molecular weight is 951 g/mol. The number of benzene rings is 8. The molecular formula is C58H47HfSi. The van der Waals surface area contributed by atoms with Gasteiger partial charge in [-0.3, -0.25) is 0 Å². The normalized spacial score (nSPS) is 16.2. The van der Waals surface area contributed by atoms with Crippen LogP contribution in [0.3, 0.4) is 0 Å². The Labute approximate surface area is 365 Å². The summed E-state index contributed by atoms with van der Waals surface area (Å²) in [7, 11) is -0.698. The van der Waals surface area contributed by atoms with E-state index in [1.807, 2.05) is 0 Å². The molecule has 1 heterocycles. The van der Waals surface area contributed by atoms with Gasteiger partial charge in [0.1, 0.15) is 0 Å². The Balaban J connectivity index is 1.22. The van der Waals surface area contributed by atoms with Crippen molar-refractivity contribution in [3.63, 3.8) is 0 Å². The Morgan fingerprint density at radius 1 is 0.400 bits per heavy atom. The van der Waals surface area contributed by atoms with Crippen molar-refractivity contribution in [1.82, 2.24) is 0 Å². The molecule has 0 spiro atoms. The molecule has 2 atom stereocenters. The topological polar surface area (TPSA) is 0 Å². The van der Waals surface area contributed by atoms with Crippen LogP contribution in [0.4, 0.5) is 0 Å². The molecule has 0 bridgehead atoms. The Hall–Kier alpha value is -5.67. The van der Waals surface area contributed by atoms with Crippen LogP contribution in [0.15, 0.2) is 188 Å². The molecule has 0 nitrogen and oxygen atoms in total. The summed E-state index contributed by atoms with van der Waals surface area (Å²) in [5, 5.41) is 3.31. The molecule has 2 heteroatoms. The van der Waals surface area contributed by atoms with Crippen LogP contribution >= 0.6 is 0 Å². The van der Waals surface area contributed by atoms with Crippen molar-refractivity contribution >= 4 is 46.5 Å². The molecule has 1 aliphatic heterocycles. The minimum atomic E-state index is -3.40. The van der Waals surface area contributed by atoms with Gasteiger partial charge in [-0.1, -0.05) is 0 Å². The predicted molar refractivity (Wildman–Crippen MR) is 256 cm³/mol. The number of aryl methyl sites for hydroxylation is 2. The fourth-order valence-electron chi connectivity index (χ4n) is 10.8. The van der Waals surface area contributed by atoms with Gasteiger partial charge in [-0.15, -0.1) is 0 Å². The molecule has 0 radical (unpaired) electrons. The Morgan fingerprint density at radius 3 is 1.37 bits per heavy atom. The molecule has 8 aromatic rings. The van der Waals surface area contributed by atoms with Gasteiger partial charge < -0.3 is 0 Å². The zero-order valence-electron chi connectivity index (χ0n) is 34.3. The summed E-state index contributed by atoms with van der Waals surface area (Å²) in [4.78, 5) is 0. The fraction of sp³-hybridized carbons (Fsp3) is 0.103. The van der Waals surface area contributed by atoms with Gasteiger partial charge in [-0.25, -0.2) is 0 Å². The summed E-state index contributed by atoms with van der Waals surface area (Å²) in [6.07, 6.45) is 7.28. The third kappa shape index (κ3) is 6.18. The van der Waals surface area contributed by atoms with Gasteiger partial charge in [-0.2, -0.15) is 0 Å². The monoisotopic (exact) mass is 951 g/mol. The Morgan fingerprint density at radius 2 is 0.833 bits per heavy atom. The van der Waals surface area contributed by atoms with Crippen molar-refractivity contribution in [2.75, 3.05) is 0 Å². The molecular weight excluding hydrogens is 903 g/mol. The van der Waals surface area contributed by atoms with Gasteiger partial charge in [0, 0.05) is 0 Å². The van der Waals surface area contributed by atoms with E-state index in [1.165, 1.54) is 89.0 Å². The van der Waals surface area contributed by atoms with Crippen LogP contribution in [0.2, 0.25) is 0 Å². The molecule has 0 saturated carbocycles. The summed E-state index contributed by atoms with van der Waals surface area (Å²) in [6.45, 7) is 4.59. The third-order valence-electron chi connectivity index (χ3n) is 13.5. The van der Waals surface area contributed by atoms with Gasteiger partial charge in [-0.05, 0) is 0 Å². The van der Waals surface area contributed by atoms with E-state index in [1.54, 1.807) is 13.7 Å². The van der Waals surface area contributed by atoms with E-state index in [2.05, 4.69) is 214 Å². The van der Waals surface area contributed by atoms with Gasteiger partial charge in [0.2, 0.25) is 0 Å². The molecule has 3 aliphatic rings. The maximum atomic E-state index is 2.63. The second-order valence-corrected chi connectivity index (χ2v) is 27.7. The molecule has 8 aromatic carbocycles. The molecule has 11 rings (SSSR count). The van der Waals surface area contributed by atoms with E-state index in [0.29, 0.717) is 7.35 Å². The number of fused-ring (bicyclic) bond motifs is 5. The summed E-state index contributed by atoms with van der Waals surface area (Å²) in [5.74, 6) is 0. The number of hydrogen-bond donors (Lipinski definition) is 0. The third-order valence-corrected chi connectivity index (χ3v) is 29.7. The van der Waals surface area contributed by atoms with Crippen LogP contribution in [0, 0.1) is 0 Å². The van der Waals surface area contributed by atoms with E-state index in [9.17, 15) is 0 Å². The first kappa shape index (κ1) is 37.3. The number of allylic oxidation sites excluding steroid dienone is 2. The average Bonchev–Trinajstić information content (AvgIpc) is 4.02. The van der Waals surface area contributed by atoms with Crippen molar-refractivity contribution in [2.45, 2.75) is 34.0 Å². The molecule has 0 aromatic heterocycles. The van der Waals surface area contributed by atoms with Crippen LogP contribution in [0.1, 0.15) is 65.7 Å². The van der Waals surface area contributed by atoms with Crippen molar-refractivity contribution in [1.29, 1.82) is 0 Å². The second kappa shape index (κ2) is 15.7. The van der Waals surface area contributed by atoms with Crippen molar-refractivity contribution in [3.05, 3.63) is 233 Å². The van der Waals surface area contributed by atoms with Gasteiger partial charge in [0.15, 0.2) is 0 Å². The second-order valence-electron chi connectivity index (χ2n) is 16.6. The zero-order chi connectivity index (χ0) is 40.2. The van der Waals surface area contributed by atoms with Crippen molar-refractivity contribution in [3.8, 4) is 33.4 Å². The first-order valence-electron chi connectivity index (χ1n) is 21.8. The van der Waals surface area contributed by atoms with Crippen LogP contribution in [-0.2, 0) is 34.3 Å². The van der Waals surface area contributed by atoms with Gasteiger partial charge in [0.25, 0.3) is 0 Å². The summed E-state index contributed by atoms with van der Waals surface area (Å²) in [6, 6.07) is 72.4. The maximum absolute atomic E-state index is 3.40. The van der Waals surface area contributed by atoms with E-state index < -0.39 is 31.0 Å². The molecule has 0 saturated heterocycles. The SMILES string of the molecule is CCc1ccccc1-c1cccc2c1C=C(c1ccccc1)[CH]2[Hf]([c]1cccc2c1[SiH2]c1ccccc1-2)[CH]1C(c2ccccc2)=Cc2c(-c3ccccc3CC)cccc21. The summed E-state index contributed by atoms with van der Waals surface area (Å²) < 4.78 is 2.37. The zero-order valence-corrected chi connectivity index (χ0v) is 39.3. The van der Waals surface area contributed by atoms with Crippen molar-refractivity contribution in [2.24, 2.45) is 0 Å². The van der Waals surface area contributed by atoms with Gasteiger partial charge in [0.05, 0.1) is 0 Å². The minimum absolute atomic E-state index is 0.319. The quantitative estimate of drug-likeness (QED) is 0.127. The molecule has 2 unspecified atom stereocenters. The van der Waals surface area contributed by atoms with Crippen LogP contribution in [-0.4, -0.2) is 9.52 Å². The molecule has 2 aliphatic carbocycles. The van der Waals surface area contributed by atoms with Crippen LogP contribution < -0.4 is 13.7 Å². The number of hydrogen-bond acceptors (Lipinski definition) is 0. The summed E-state index contributed by atoms with van der Waals surface area (Å²) in [5.41, 5.74) is 22.9. The van der Waals surface area contributed by atoms with Crippen LogP contribution in [0.5, 0.6) is 0 Å². The molecule has 0 fully saturated rings. The van der Waals surface area contributed by atoms with Gasteiger partial charge >= 0.3 is 368 Å².